The Morgan fingerprint density at radius 1 is 0.792 bits per heavy atom. The topological polar surface area (TPSA) is 23.5 Å². The Hall–Kier alpha value is -0.0500. The van der Waals surface area contributed by atoms with Gasteiger partial charge in [0.05, 0.1) is 6.10 Å². The lowest BCUT2D eigenvalue weighted by Gasteiger charge is -2.09. The maximum atomic E-state index is 9.79. The van der Waals surface area contributed by atoms with E-state index in [4.69, 9.17) is 0 Å². The molecule has 24 heavy (non-hydrogen) atoms. The second kappa shape index (κ2) is 25.2. The number of hydrogen-bond donors (Lipinski definition) is 1. The fourth-order valence-corrected chi connectivity index (χ4v) is 2.55. The molecular weight excluding hydrogens is 318 g/mol. The van der Waals surface area contributed by atoms with E-state index in [1.165, 1.54) is 70.6 Å². The SMILES string of the molecule is C=CCN(C)C.CCCCCCCCCC(O)CCCCCC.Cl. The van der Waals surface area contributed by atoms with Crippen LogP contribution in [0.25, 0.3) is 0 Å². The van der Waals surface area contributed by atoms with Crippen molar-refractivity contribution >= 4 is 12.4 Å². The van der Waals surface area contributed by atoms with E-state index in [2.05, 4.69) is 25.3 Å². The molecule has 0 bridgehead atoms. The summed E-state index contributed by atoms with van der Waals surface area (Å²) in [6.45, 7) is 9.02. The summed E-state index contributed by atoms with van der Waals surface area (Å²) in [5, 5.41) is 9.79. The number of halogens is 1. The van der Waals surface area contributed by atoms with Crippen LogP contribution in [0.15, 0.2) is 12.7 Å². The number of aliphatic hydroxyl groups excluding tert-OH is 1. The summed E-state index contributed by atoms with van der Waals surface area (Å²) in [6, 6.07) is 0. The molecule has 0 fully saturated rings. The molecule has 0 saturated heterocycles. The average molecular weight is 364 g/mol. The van der Waals surface area contributed by atoms with Crippen molar-refractivity contribution in [2.45, 2.75) is 103 Å². The fraction of sp³-hybridized carbons (Fsp3) is 0.905. The molecule has 0 rings (SSSR count). The van der Waals surface area contributed by atoms with Crippen LogP contribution in [0.4, 0.5) is 0 Å². The van der Waals surface area contributed by atoms with Crippen molar-refractivity contribution in [1.29, 1.82) is 0 Å². The number of aliphatic hydroxyl groups is 1. The summed E-state index contributed by atoms with van der Waals surface area (Å²) in [5.74, 6) is 0. The number of likely N-dealkylation sites (N-methyl/N-ethyl adjacent to an activating group) is 1. The van der Waals surface area contributed by atoms with Gasteiger partial charge in [-0.2, -0.15) is 0 Å². The third-order valence-corrected chi connectivity index (χ3v) is 4.03. The lowest BCUT2D eigenvalue weighted by Crippen LogP contribution is -2.09. The van der Waals surface area contributed by atoms with Crippen LogP contribution in [0.1, 0.15) is 97.3 Å². The van der Waals surface area contributed by atoms with Gasteiger partial charge in [0.1, 0.15) is 0 Å². The summed E-state index contributed by atoms with van der Waals surface area (Å²) < 4.78 is 0. The first-order chi connectivity index (χ1) is 11.1. The van der Waals surface area contributed by atoms with Gasteiger partial charge in [-0.1, -0.05) is 90.6 Å². The zero-order valence-electron chi connectivity index (χ0n) is 17.1. The Morgan fingerprint density at radius 3 is 1.50 bits per heavy atom. The molecule has 0 aliphatic carbocycles. The highest BCUT2D eigenvalue weighted by Gasteiger charge is 2.03. The van der Waals surface area contributed by atoms with E-state index in [0.29, 0.717) is 0 Å². The van der Waals surface area contributed by atoms with E-state index in [-0.39, 0.29) is 18.5 Å². The van der Waals surface area contributed by atoms with Crippen LogP contribution in [0.3, 0.4) is 0 Å². The third-order valence-electron chi connectivity index (χ3n) is 4.03. The molecule has 0 aromatic heterocycles. The first-order valence-electron chi connectivity index (χ1n) is 10.0. The maximum absolute atomic E-state index is 9.79. The van der Waals surface area contributed by atoms with E-state index < -0.39 is 0 Å². The molecule has 0 aromatic rings. The Morgan fingerprint density at radius 2 is 1.17 bits per heavy atom. The molecule has 1 unspecified atom stereocenters. The fourth-order valence-electron chi connectivity index (χ4n) is 2.55. The highest BCUT2D eigenvalue weighted by molar-refractivity contribution is 5.85. The molecule has 1 N–H and O–H groups in total. The zero-order chi connectivity index (χ0) is 17.8. The second-order valence-corrected chi connectivity index (χ2v) is 6.96. The molecule has 0 aromatic carbocycles. The van der Waals surface area contributed by atoms with E-state index >= 15 is 0 Å². The second-order valence-electron chi connectivity index (χ2n) is 6.96. The number of unbranched alkanes of at least 4 members (excludes halogenated alkanes) is 9. The molecule has 1 atom stereocenters. The van der Waals surface area contributed by atoms with Gasteiger partial charge in [0.25, 0.3) is 0 Å². The van der Waals surface area contributed by atoms with E-state index in [9.17, 15) is 5.11 Å². The van der Waals surface area contributed by atoms with Crippen molar-refractivity contribution in [1.82, 2.24) is 4.90 Å². The molecule has 0 saturated carbocycles. The Balaban J connectivity index is -0.000000538. The molecule has 0 aliphatic rings. The van der Waals surface area contributed by atoms with Crippen LogP contribution in [-0.4, -0.2) is 36.8 Å². The molecule has 0 spiro atoms. The van der Waals surface area contributed by atoms with Crippen LogP contribution < -0.4 is 0 Å². The van der Waals surface area contributed by atoms with E-state index in [1.54, 1.807) is 0 Å². The monoisotopic (exact) mass is 363 g/mol. The number of rotatable bonds is 15. The van der Waals surface area contributed by atoms with Gasteiger partial charge in [-0.15, -0.1) is 19.0 Å². The van der Waals surface area contributed by atoms with Gasteiger partial charge in [-0.3, -0.25) is 0 Å². The Kier molecular flexibility index (Phi) is 30.2. The quantitative estimate of drug-likeness (QED) is 0.261. The van der Waals surface area contributed by atoms with Gasteiger partial charge in [-0.25, -0.2) is 0 Å². The van der Waals surface area contributed by atoms with Crippen LogP contribution in [0.2, 0.25) is 0 Å². The first-order valence-corrected chi connectivity index (χ1v) is 10.0. The number of nitrogens with zero attached hydrogens (tertiary/aromatic N) is 1. The van der Waals surface area contributed by atoms with Crippen molar-refractivity contribution in [3.05, 3.63) is 12.7 Å². The van der Waals surface area contributed by atoms with Crippen molar-refractivity contribution in [2.24, 2.45) is 0 Å². The Bertz CT molecular complexity index is 222. The highest BCUT2D eigenvalue weighted by atomic mass is 35.5. The molecule has 148 valence electrons. The average Bonchev–Trinajstić information content (AvgIpc) is 2.51. The molecule has 0 amide bonds. The van der Waals surface area contributed by atoms with Crippen molar-refractivity contribution in [3.8, 4) is 0 Å². The molecule has 2 nitrogen and oxygen atoms in total. The summed E-state index contributed by atoms with van der Waals surface area (Å²) in [5.41, 5.74) is 0. The van der Waals surface area contributed by atoms with Crippen LogP contribution >= 0.6 is 12.4 Å². The molecule has 0 heterocycles. The molecular formula is C21H46ClNO. The molecule has 0 radical (unpaired) electrons. The van der Waals surface area contributed by atoms with Crippen LogP contribution in [-0.2, 0) is 0 Å². The maximum Gasteiger partial charge on any atom is 0.0540 e. The number of hydrogen-bond acceptors (Lipinski definition) is 2. The molecule has 0 aliphatic heterocycles. The van der Waals surface area contributed by atoms with Crippen molar-refractivity contribution < 1.29 is 5.11 Å². The van der Waals surface area contributed by atoms with Crippen molar-refractivity contribution in [3.63, 3.8) is 0 Å². The van der Waals surface area contributed by atoms with Gasteiger partial charge in [0, 0.05) is 6.54 Å². The first kappa shape index (κ1) is 28.7. The minimum Gasteiger partial charge on any atom is -0.393 e. The minimum absolute atomic E-state index is 0. The summed E-state index contributed by atoms with van der Waals surface area (Å²) in [7, 11) is 4.03. The third kappa shape index (κ3) is 29.9. The van der Waals surface area contributed by atoms with Crippen LogP contribution in [0.5, 0.6) is 0 Å². The van der Waals surface area contributed by atoms with Crippen LogP contribution in [0, 0.1) is 0 Å². The highest BCUT2D eigenvalue weighted by Crippen LogP contribution is 2.13. The van der Waals surface area contributed by atoms with Gasteiger partial charge in [-0.05, 0) is 26.9 Å². The molecule has 3 heteroatoms. The largest absolute Gasteiger partial charge is 0.393 e. The van der Waals surface area contributed by atoms with E-state index in [0.717, 1.165) is 19.4 Å². The summed E-state index contributed by atoms with van der Waals surface area (Å²) in [4.78, 5) is 2.06. The smallest absolute Gasteiger partial charge is 0.0540 e. The zero-order valence-corrected chi connectivity index (χ0v) is 17.9. The van der Waals surface area contributed by atoms with Gasteiger partial charge < -0.3 is 10.0 Å². The van der Waals surface area contributed by atoms with Gasteiger partial charge in [0.2, 0.25) is 0 Å². The Labute approximate surface area is 159 Å². The van der Waals surface area contributed by atoms with Gasteiger partial charge in [0.15, 0.2) is 0 Å². The summed E-state index contributed by atoms with van der Waals surface area (Å²) >= 11 is 0. The lowest BCUT2D eigenvalue weighted by molar-refractivity contribution is 0.147. The van der Waals surface area contributed by atoms with E-state index in [1.807, 2.05) is 20.2 Å². The predicted octanol–water partition coefficient (Wildman–Crippen LogP) is 6.61. The van der Waals surface area contributed by atoms with Gasteiger partial charge >= 0.3 is 0 Å². The normalized spacial score (nSPS) is 11.4. The predicted molar refractivity (Wildman–Crippen MR) is 113 cm³/mol. The lowest BCUT2D eigenvalue weighted by atomic mass is 10.0. The van der Waals surface area contributed by atoms with Crippen molar-refractivity contribution in [2.75, 3.05) is 20.6 Å². The minimum atomic E-state index is -0.0255. The standard InChI is InChI=1S/C16H34O.C5H11N.ClH/c1-3-5-7-9-10-11-13-15-16(17)14-12-8-6-4-2;1-4-5-6(2)3;/h16-17H,3-15H2,1-2H3;4H,1,5H2,2-3H3;1H. The summed E-state index contributed by atoms with van der Waals surface area (Å²) in [6.07, 6.45) is 18.4.